The van der Waals surface area contributed by atoms with E-state index in [9.17, 15) is 0 Å². The highest BCUT2D eigenvalue weighted by atomic mass is 16.2. The Morgan fingerprint density at radius 3 is 2.08 bits per heavy atom. The van der Waals surface area contributed by atoms with Crippen molar-refractivity contribution in [3.8, 4) is 0 Å². The Balaban J connectivity index is 2.75. The molecule has 1 nitrogen and oxygen atoms in total. The first-order chi connectivity index (χ1) is 6.36. The average Bonchev–Trinajstić information content (AvgIpc) is 2.17. The number of hydrogen-bond donors (Lipinski definition) is 1. The first-order valence-electron chi connectivity index (χ1n) is 4.37. The third-order valence-corrected chi connectivity index (χ3v) is 1.71. The van der Waals surface area contributed by atoms with E-state index in [-0.39, 0.29) is 6.61 Å². The van der Waals surface area contributed by atoms with E-state index in [4.69, 9.17) is 5.11 Å². The molecule has 0 radical (unpaired) electrons. The molecule has 1 rings (SSSR count). The number of hydrogen-bond acceptors (Lipinski definition) is 1. The van der Waals surface area contributed by atoms with Crippen LogP contribution in [-0.2, 0) is 0 Å². The molecular weight excluding hydrogens is 160 g/mol. The van der Waals surface area contributed by atoms with Crippen LogP contribution in [0.3, 0.4) is 0 Å². The first-order valence-corrected chi connectivity index (χ1v) is 4.37. The Bertz CT molecular complexity index is 293. The molecule has 68 valence electrons. The second-order valence-corrected chi connectivity index (χ2v) is 2.75. The monoisotopic (exact) mass is 174 g/mol. The molecule has 0 amide bonds. The normalized spacial score (nSPS) is 11.5. The van der Waals surface area contributed by atoms with Gasteiger partial charge in [0.2, 0.25) is 0 Å². The summed E-state index contributed by atoms with van der Waals surface area (Å²) in [6.07, 6.45) is 7.70. The van der Waals surface area contributed by atoms with Crippen LogP contribution in [0.15, 0.2) is 36.4 Å². The molecule has 0 aliphatic carbocycles. The van der Waals surface area contributed by atoms with E-state index in [1.165, 1.54) is 5.56 Å². The van der Waals surface area contributed by atoms with Crippen molar-refractivity contribution in [3.63, 3.8) is 0 Å². The van der Waals surface area contributed by atoms with Crippen molar-refractivity contribution in [1.29, 1.82) is 0 Å². The Kier molecular flexibility index (Phi) is 4.00. The highest BCUT2D eigenvalue weighted by Crippen LogP contribution is 2.07. The van der Waals surface area contributed by atoms with Crippen molar-refractivity contribution in [2.75, 3.05) is 6.61 Å². The van der Waals surface area contributed by atoms with E-state index >= 15 is 0 Å². The van der Waals surface area contributed by atoms with Crippen LogP contribution in [0, 0.1) is 0 Å². The van der Waals surface area contributed by atoms with E-state index in [2.05, 4.69) is 18.2 Å². The zero-order valence-corrected chi connectivity index (χ0v) is 7.77. The standard InChI is InChI=1S/C12H14O/c1-2-4-11-6-8-12(9-7-11)5-3-10-13/h2-9,13H,10H2,1H3/b4-2+,5-3+. The molecule has 1 aromatic rings. The van der Waals surface area contributed by atoms with Crippen molar-refractivity contribution in [1.82, 2.24) is 0 Å². The quantitative estimate of drug-likeness (QED) is 0.747. The van der Waals surface area contributed by atoms with Gasteiger partial charge in [0.25, 0.3) is 0 Å². The molecule has 0 spiro atoms. The zero-order chi connectivity index (χ0) is 9.52. The molecule has 0 unspecified atom stereocenters. The van der Waals surface area contributed by atoms with E-state index in [0.29, 0.717) is 0 Å². The molecule has 0 saturated heterocycles. The number of aliphatic hydroxyl groups excluding tert-OH is 1. The number of benzene rings is 1. The minimum Gasteiger partial charge on any atom is -0.392 e. The minimum absolute atomic E-state index is 0.0939. The summed E-state index contributed by atoms with van der Waals surface area (Å²) in [7, 11) is 0. The molecule has 0 aliphatic heterocycles. The maximum Gasteiger partial charge on any atom is 0.0615 e. The van der Waals surface area contributed by atoms with E-state index in [1.54, 1.807) is 6.08 Å². The fraction of sp³-hybridized carbons (Fsp3) is 0.167. The van der Waals surface area contributed by atoms with Gasteiger partial charge in [-0.1, -0.05) is 48.6 Å². The average molecular weight is 174 g/mol. The Morgan fingerprint density at radius 2 is 1.62 bits per heavy atom. The van der Waals surface area contributed by atoms with Gasteiger partial charge in [0.15, 0.2) is 0 Å². The van der Waals surface area contributed by atoms with E-state index in [1.807, 2.05) is 31.2 Å². The second kappa shape index (κ2) is 5.33. The van der Waals surface area contributed by atoms with Crippen LogP contribution >= 0.6 is 0 Å². The molecule has 13 heavy (non-hydrogen) atoms. The third-order valence-electron chi connectivity index (χ3n) is 1.71. The van der Waals surface area contributed by atoms with E-state index < -0.39 is 0 Å². The largest absolute Gasteiger partial charge is 0.392 e. The van der Waals surface area contributed by atoms with Crippen molar-refractivity contribution in [3.05, 3.63) is 47.5 Å². The summed E-state index contributed by atoms with van der Waals surface area (Å²) < 4.78 is 0. The molecule has 0 heterocycles. The zero-order valence-electron chi connectivity index (χ0n) is 7.77. The molecule has 0 aromatic heterocycles. The van der Waals surface area contributed by atoms with Crippen LogP contribution in [0.2, 0.25) is 0 Å². The topological polar surface area (TPSA) is 20.2 Å². The molecule has 0 bridgehead atoms. The summed E-state index contributed by atoms with van der Waals surface area (Å²) >= 11 is 0. The van der Waals surface area contributed by atoms with Crippen molar-refractivity contribution in [2.24, 2.45) is 0 Å². The predicted octanol–water partition coefficient (Wildman–Crippen LogP) is 2.73. The molecule has 0 aliphatic rings. The van der Waals surface area contributed by atoms with Gasteiger partial charge in [-0.25, -0.2) is 0 Å². The Morgan fingerprint density at radius 1 is 1.08 bits per heavy atom. The van der Waals surface area contributed by atoms with Gasteiger partial charge in [0.1, 0.15) is 0 Å². The molecular formula is C12H14O. The third kappa shape index (κ3) is 3.26. The molecule has 0 saturated carbocycles. The smallest absolute Gasteiger partial charge is 0.0615 e. The van der Waals surface area contributed by atoms with Crippen molar-refractivity contribution in [2.45, 2.75) is 6.92 Å². The molecule has 1 heteroatoms. The fourth-order valence-corrected chi connectivity index (χ4v) is 1.10. The van der Waals surface area contributed by atoms with Gasteiger partial charge in [0, 0.05) is 0 Å². The molecule has 0 fully saturated rings. The lowest BCUT2D eigenvalue weighted by atomic mass is 10.1. The summed E-state index contributed by atoms with van der Waals surface area (Å²) in [5.74, 6) is 0. The van der Waals surface area contributed by atoms with Crippen LogP contribution in [0.1, 0.15) is 18.1 Å². The fourth-order valence-electron chi connectivity index (χ4n) is 1.10. The lowest BCUT2D eigenvalue weighted by Gasteiger charge is -1.94. The van der Waals surface area contributed by atoms with Crippen LogP contribution in [0.5, 0.6) is 0 Å². The van der Waals surface area contributed by atoms with Crippen molar-refractivity contribution >= 4 is 12.2 Å². The number of allylic oxidation sites excluding steroid dienone is 1. The summed E-state index contributed by atoms with van der Waals surface area (Å²) in [5, 5.41) is 8.57. The number of aliphatic hydroxyl groups is 1. The van der Waals surface area contributed by atoms with Gasteiger partial charge in [0.05, 0.1) is 6.61 Å². The minimum atomic E-state index is 0.0939. The van der Waals surface area contributed by atoms with Gasteiger partial charge in [-0.2, -0.15) is 0 Å². The Hall–Kier alpha value is -1.34. The molecule has 1 N–H and O–H groups in total. The van der Waals surface area contributed by atoms with E-state index in [0.717, 1.165) is 5.56 Å². The highest BCUT2D eigenvalue weighted by molar-refractivity contribution is 5.55. The van der Waals surface area contributed by atoms with Gasteiger partial charge in [-0.3, -0.25) is 0 Å². The van der Waals surface area contributed by atoms with Crippen LogP contribution in [0.25, 0.3) is 12.2 Å². The summed E-state index contributed by atoms with van der Waals surface area (Å²) in [4.78, 5) is 0. The number of rotatable bonds is 3. The highest BCUT2D eigenvalue weighted by Gasteiger charge is 1.86. The first kappa shape index (κ1) is 9.75. The van der Waals surface area contributed by atoms with Crippen LogP contribution in [-0.4, -0.2) is 11.7 Å². The summed E-state index contributed by atoms with van der Waals surface area (Å²) in [6, 6.07) is 8.16. The SMILES string of the molecule is C/C=C/c1ccc(/C=C/CO)cc1. The van der Waals surface area contributed by atoms with Gasteiger partial charge in [-0.05, 0) is 18.1 Å². The summed E-state index contributed by atoms with van der Waals surface area (Å²) in [6.45, 7) is 2.09. The van der Waals surface area contributed by atoms with Gasteiger partial charge < -0.3 is 5.11 Å². The second-order valence-electron chi connectivity index (χ2n) is 2.75. The molecule has 0 atom stereocenters. The van der Waals surface area contributed by atoms with Crippen LogP contribution < -0.4 is 0 Å². The van der Waals surface area contributed by atoms with Crippen LogP contribution in [0.4, 0.5) is 0 Å². The van der Waals surface area contributed by atoms with Gasteiger partial charge in [-0.15, -0.1) is 0 Å². The van der Waals surface area contributed by atoms with Crippen molar-refractivity contribution < 1.29 is 5.11 Å². The van der Waals surface area contributed by atoms with Gasteiger partial charge >= 0.3 is 0 Å². The molecule has 1 aromatic carbocycles. The maximum atomic E-state index is 8.57. The predicted molar refractivity (Wildman–Crippen MR) is 57.3 cm³/mol. The lowest BCUT2D eigenvalue weighted by Crippen LogP contribution is -1.75. The lowest BCUT2D eigenvalue weighted by molar-refractivity contribution is 0.343. The maximum absolute atomic E-state index is 8.57. The summed E-state index contributed by atoms with van der Waals surface area (Å²) in [5.41, 5.74) is 2.31. The Labute approximate surface area is 79.0 Å².